The molecule has 0 bridgehead atoms. The van der Waals surface area contributed by atoms with Crippen LogP contribution in [0.1, 0.15) is 20.8 Å². The molecule has 1 heterocycles. The molecule has 0 saturated carbocycles. The monoisotopic (exact) mass is 300 g/mol. The van der Waals surface area contributed by atoms with E-state index in [0.717, 1.165) is 0 Å². The number of β-amino-alcohol motifs (C(OH)–C–C–N with tert-alkyl or cyclic N) is 1. The molecule has 2 atom stereocenters. The molecule has 1 aliphatic heterocycles. The van der Waals surface area contributed by atoms with Crippen LogP contribution in [0.2, 0.25) is 0 Å². The first-order valence-corrected chi connectivity index (χ1v) is 6.82. The first-order valence-electron chi connectivity index (χ1n) is 6.82. The Balaban J connectivity index is 2.61. The fraction of sp³-hybridized carbons (Fsp3) is 0.714. The zero-order valence-corrected chi connectivity index (χ0v) is 13.0. The summed E-state index contributed by atoms with van der Waals surface area (Å²) in [6, 6.07) is -0.519. The lowest BCUT2D eigenvalue weighted by Gasteiger charge is -2.26. The smallest absolute Gasteiger partial charge is 0.410 e. The van der Waals surface area contributed by atoms with Crippen LogP contribution in [0.25, 0.3) is 0 Å². The van der Waals surface area contributed by atoms with E-state index in [2.05, 4.69) is 6.58 Å². The van der Waals surface area contributed by atoms with Gasteiger partial charge in [-0.05, 0) is 20.8 Å². The molecular formula is C14H24N2O5. The van der Waals surface area contributed by atoms with Crippen molar-refractivity contribution in [3.05, 3.63) is 12.7 Å². The van der Waals surface area contributed by atoms with Crippen LogP contribution >= 0.6 is 0 Å². The minimum Gasteiger partial charge on any atom is -0.445 e. The molecule has 0 radical (unpaired) electrons. The molecule has 120 valence electrons. The Morgan fingerprint density at radius 2 is 2.05 bits per heavy atom. The van der Waals surface area contributed by atoms with Gasteiger partial charge in [0.25, 0.3) is 0 Å². The summed E-state index contributed by atoms with van der Waals surface area (Å²) in [5.41, 5.74) is -0.602. The number of likely N-dealkylation sites (N-methyl/N-ethyl adjacent to an activating group) is 1. The van der Waals surface area contributed by atoms with Gasteiger partial charge >= 0.3 is 12.2 Å². The van der Waals surface area contributed by atoms with Gasteiger partial charge in [0.05, 0.1) is 18.7 Å². The van der Waals surface area contributed by atoms with Crippen LogP contribution in [0.15, 0.2) is 12.7 Å². The van der Waals surface area contributed by atoms with Crippen molar-refractivity contribution < 1.29 is 24.2 Å². The molecule has 0 aliphatic carbocycles. The lowest BCUT2D eigenvalue weighted by molar-refractivity contribution is 0.0269. The molecule has 0 aromatic rings. The zero-order chi connectivity index (χ0) is 16.2. The number of amides is 2. The minimum atomic E-state index is -0.834. The van der Waals surface area contributed by atoms with Gasteiger partial charge in [-0.1, -0.05) is 12.7 Å². The number of nitrogens with zero attached hydrogens (tertiary/aromatic N) is 2. The highest BCUT2D eigenvalue weighted by Gasteiger charge is 2.40. The molecule has 1 rings (SSSR count). The van der Waals surface area contributed by atoms with Crippen molar-refractivity contribution in [2.45, 2.75) is 38.5 Å². The second kappa shape index (κ2) is 6.80. The van der Waals surface area contributed by atoms with E-state index < -0.39 is 29.9 Å². The van der Waals surface area contributed by atoms with E-state index in [9.17, 15) is 14.7 Å². The normalized spacial score (nSPS) is 21.9. The van der Waals surface area contributed by atoms with Crippen LogP contribution in [-0.2, 0) is 9.47 Å². The molecule has 0 aromatic carbocycles. The second-order valence-electron chi connectivity index (χ2n) is 6.00. The molecule has 21 heavy (non-hydrogen) atoms. The van der Waals surface area contributed by atoms with Crippen molar-refractivity contribution in [2.75, 3.05) is 26.7 Å². The van der Waals surface area contributed by atoms with Gasteiger partial charge in [0.2, 0.25) is 0 Å². The number of aliphatic hydroxyl groups excluding tert-OH is 1. The maximum absolute atomic E-state index is 12.0. The number of carbonyl (C=O) groups is 2. The number of hydrogen-bond donors (Lipinski definition) is 1. The van der Waals surface area contributed by atoms with E-state index in [4.69, 9.17) is 9.47 Å². The average molecular weight is 300 g/mol. The molecule has 2 amide bonds. The molecule has 0 unspecified atom stereocenters. The molecule has 7 nitrogen and oxygen atoms in total. The number of hydrogen-bond acceptors (Lipinski definition) is 5. The molecular weight excluding hydrogens is 276 g/mol. The third kappa shape index (κ3) is 4.93. The van der Waals surface area contributed by atoms with Gasteiger partial charge in [-0.15, -0.1) is 0 Å². The number of aliphatic hydroxyl groups is 1. The van der Waals surface area contributed by atoms with Crippen LogP contribution in [0.3, 0.4) is 0 Å². The van der Waals surface area contributed by atoms with Crippen molar-refractivity contribution in [1.29, 1.82) is 0 Å². The zero-order valence-electron chi connectivity index (χ0n) is 13.0. The number of ether oxygens (including phenoxy) is 2. The van der Waals surface area contributed by atoms with E-state index in [1.807, 2.05) is 0 Å². The van der Waals surface area contributed by atoms with Gasteiger partial charge in [0.15, 0.2) is 0 Å². The van der Waals surface area contributed by atoms with E-state index in [1.165, 1.54) is 22.9 Å². The van der Waals surface area contributed by atoms with Crippen molar-refractivity contribution in [3.8, 4) is 0 Å². The Labute approximate surface area is 125 Å². The predicted octanol–water partition coefficient (Wildman–Crippen LogP) is 1.22. The van der Waals surface area contributed by atoms with Crippen LogP contribution < -0.4 is 0 Å². The summed E-state index contributed by atoms with van der Waals surface area (Å²) < 4.78 is 10.2. The van der Waals surface area contributed by atoms with E-state index >= 15 is 0 Å². The summed E-state index contributed by atoms with van der Waals surface area (Å²) in [7, 11) is 1.53. The highest BCUT2D eigenvalue weighted by Crippen LogP contribution is 2.19. The Morgan fingerprint density at radius 3 is 2.57 bits per heavy atom. The average Bonchev–Trinajstić information content (AvgIpc) is 2.75. The maximum Gasteiger partial charge on any atom is 0.410 e. The van der Waals surface area contributed by atoms with Crippen LogP contribution in [0, 0.1) is 0 Å². The predicted molar refractivity (Wildman–Crippen MR) is 76.9 cm³/mol. The minimum absolute atomic E-state index is 0.0990. The summed E-state index contributed by atoms with van der Waals surface area (Å²) in [5, 5.41) is 10.0. The van der Waals surface area contributed by atoms with Gasteiger partial charge < -0.3 is 24.4 Å². The highest BCUT2D eigenvalue weighted by molar-refractivity contribution is 5.70. The SMILES string of the molecule is C=CCOC(=O)N(C)[C@@H]1CN(C(=O)OC(C)(C)C)C[C@H]1O. The molecule has 1 fully saturated rings. The standard InChI is InChI=1S/C14H24N2O5/c1-6-7-20-12(18)15(5)10-8-16(9-11(10)17)13(19)21-14(2,3)4/h6,10-11,17H,1,7-9H2,2-5H3/t10-,11-/m1/s1. The fourth-order valence-corrected chi connectivity index (χ4v) is 1.99. The Morgan fingerprint density at radius 1 is 1.43 bits per heavy atom. The lowest BCUT2D eigenvalue weighted by atomic mass is 10.2. The Hall–Kier alpha value is -1.76. The van der Waals surface area contributed by atoms with E-state index in [-0.39, 0.29) is 19.7 Å². The molecule has 1 N–H and O–H groups in total. The quantitative estimate of drug-likeness (QED) is 0.793. The van der Waals surface area contributed by atoms with E-state index in [1.54, 1.807) is 20.8 Å². The third-order valence-electron chi connectivity index (χ3n) is 3.02. The van der Waals surface area contributed by atoms with Gasteiger partial charge in [-0.25, -0.2) is 9.59 Å². The summed E-state index contributed by atoms with van der Waals surface area (Å²) in [5.74, 6) is 0. The molecule has 7 heteroatoms. The topological polar surface area (TPSA) is 79.3 Å². The second-order valence-corrected chi connectivity index (χ2v) is 6.00. The van der Waals surface area contributed by atoms with Crippen molar-refractivity contribution in [3.63, 3.8) is 0 Å². The lowest BCUT2D eigenvalue weighted by Crippen LogP contribution is -2.45. The van der Waals surface area contributed by atoms with E-state index in [0.29, 0.717) is 0 Å². The molecule has 1 saturated heterocycles. The summed E-state index contributed by atoms with van der Waals surface area (Å²) in [6.07, 6.45) is -0.440. The van der Waals surface area contributed by atoms with Crippen LogP contribution in [0.5, 0.6) is 0 Å². The number of rotatable bonds is 3. The maximum atomic E-state index is 12.0. The summed E-state index contributed by atoms with van der Waals surface area (Å²) >= 11 is 0. The van der Waals surface area contributed by atoms with Gasteiger partial charge in [-0.2, -0.15) is 0 Å². The first kappa shape index (κ1) is 17.3. The first-order chi connectivity index (χ1) is 9.65. The highest BCUT2D eigenvalue weighted by atomic mass is 16.6. The molecule has 0 spiro atoms. The van der Waals surface area contributed by atoms with Gasteiger partial charge in [0, 0.05) is 13.6 Å². The van der Waals surface area contributed by atoms with Crippen LogP contribution in [-0.4, -0.2) is 71.6 Å². The third-order valence-corrected chi connectivity index (χ3v) is 3.02. The van der Waals surface area contributed by atoms with Gasteiger partial charge in [-0.3, -0.25) is 0 Å². The summed E-state index contributed by atoms with van der Waals surface area (Å²) in [6.45, 7) is 9.20. The number of likely N-dealkylation sites (tertiary alicyclic amines) is 1. The van der Waals surface area contributed by atoms with Crippen molar-refractivity contribution in [2.24, 2.45) is 0 Å². The van der Waals surface area contributed by atoms with Crippen molar-refractivity contribution >= 4 is 12.2 Å². The van der Waals surface area contributed by atoms with Crippen molar-refractivity contribution in [1.82, 2.24) is 9.80 Å². The Bertz CT molecular complexity index is 405. The van der Waals surface area contributed by atoms with Crippen LogP contribution in [0.4, 0.5) is 9.59 Å². The molecule has 0 aromatic heterocycles. The molecule has 1 aliphatic rings. The Kier molecular flexibility index (Phi) is 5.60. The number of carbonyl (C=O) groups excluding carboxylic acids is 2. The fourth-order valence-electron chi connectivity index (χ4n) is 1.99. The summed E-state index contributed by atoms with van der Waals surface area (Å²) in [4.78, 5) is 26.4. The van der Waals surface area contributed by atoms with Gasteiger partial charge in [0.1, 0.15) is 12.2 Å². The largest absolute Gasteiger partial charge is 0.445 e.